The van der Waals surface area contributed by atoms with Crippen molar-refractivity contribution >= 4 is 11.6 Å². The normalized spacial score (nSPS) is 14.7. The van der Waals surface area contributed by atoms with Gasteiger partial charge in [-0.2, -0.15) is 14.4 Å². The summed E-state index contributed by atoms with van der Waals surface area (Å²) in [5.41, 5.74) is -1.50. The minimum absolute atomic E-state index is 0.141. The number of aromatic nitrogens is 2. The van der Waals surface area contributed by atoms with Crippen molar-refractivity contribution < 1.29 is 23.5 Å². The summed E-state index contributed by atoms with van der Waals surface area (Å²) in [5.74, 6) is -1.77. The quantitative estimate of drug-likeness (QED) is 0.862. The summed E-state index contributed by atoms with van der Waals surface area (Å²) in [6, 6.07) is 3.85. The summed E-state index contributed by atoms with van der Waals surface area (Å²) in [6.45, 7) is 3.63. The van der Waals surface area contributed by atoms with Gasteiger partial charge in [0, 0.05) is 16.5 Å². The van der Waals surface area contributed by atoms with Crippen LogP contribution in [-0.4, -0.2) is 21.2 Å². The molecule has 0 bridgehead atoms. The minimum Gasteiger partial charge on any atom is -0.471 e. The van der Waals surface area contributed by atoms with Crippen LogP contribution in [0.5, 0.6) is 5.88 Å². The van der Waals surface area contributed by atoms with E-state index in [0.29, 0.717) is 12.0 Å². The number of anilines is 1. The van der Waals surface area contributed by atoms with Gasteiger partial charge in [-0.25, -0.2) is 0 Å². The molecule has 9 heteroatoms. The topological polar surface area (TPSA) is 82.5 Å². The maximum absolute atomic E-state index is 14.1. The zero-order valence-electron chi connectivity index (χ0n) is 12.8. The van der Waals surface area contributed by atoms with E-state index < -0.39 is 23.0 Å². The number of ether oxygens (including phenoxy) is 1. The fourth-order valence-corrected chi connectivity index (χ4v) is 2.46. The second-order valence-corrected chi connectivity index (χ2v) is 5.91. The van der Waals surface area contributed by atoms with Gasteiger partial charge in [-0.15, -0.1) is 4.73 Å². The lowest BCUT2D eigenvalue weighted by molar-refractivity contribution is -0.141. The highest BCUT2D eigenvalue weighted by molar-refractivity contribution is 6.04. The maximum Gasteiger partial charge on any atom is 0.309 e. The van der Waals surface area contributed by atoms with Crippen molar-refractivity contribution in [2.75, 3.05) is 5.32 Å². The van der Waals surface area contributed by atoms with Crippen molar-refractivity contribution in [2.24, 2.45) is 0 Å². The zero-order valence-corrected chi connectivity index (χ0v) is 12.8. The fourth-order valence-electron chi connectivity index (χ4n) is 2.46. The number of nitrogens with one attached hydrogen (secondary N) is 1. The van der Waals surface area contributed by atoms with Gasteiger partial charge in [0.05, 0.1) is 11.8 Å². The average molecular weight is 337 g/mol. The van der Waals surface area contributed by atoms with Crippen LogP contribution >= 0.6 is 0 Å². The summed E-state index contributed by atoms with van der Waals surface area (Å²) < 4.78 is 32.0. The Hall–Kier alpha value is -2.97. The second-order valence-electron chi connectivity index (χ2n) is 5.91. The highest BCUT2D eigenvalue weighted by atomic mass is 19.3. The van der Waals surface area contributed by atoms with Crippen molar-refractivity contribution in [1.29, 1.82) is 0 Å². The second kappa shape index (κ2) is 5.59. The molecule has 2 aromatic rings. The first-order valence-electron chi connectivity index (χ1n) is 7.01. The Labute approximate surface area is 134 Å². The zero-order chi connectivity index (χ0) is 17.5. The molecule has 0 atom stereocenters. The molecule has 0 radical (unpaired) electrons. The van der Waals surface area contributed by atoms with Gasteiger partial charge >= 0.3 is 5.56 Å². The molecular weight excluding hydrogens is 324 g/mol. The van der Waals surface area contributed by atoms with E-state index in [1.165, 1.54) is 18.2 Å². The molecule has 1 amide bonds. The highest BCUT2D eigenvalue weighted by Crippen LogP contribution is 2.34. The summed E-state index contributed by atoms with van der Waals surface area (Å²) in [4.78, 5) is 27.7. The van der Waals surface area contributed by atoms with Crippen LogP contribution in [0.4, 0.5) is 14.6 Å². The predicted octanol–water partition coefficient (Wildman–Crippen LogP) is 1.66. The van der Waals surface area contributed by atoms with E-state index in [0.717, 1.165) is 6.20 Å². The molecule has 3 heterocycles. The summed E-state index contributed by atoms with van der Waals surface area (Å²) >= 11 is 0. The lowest BCUT2D eigenvalue weighted by Gasteiger charge is -2.15. The molecule has 0 spiro atoms. The summed E-state index contributed by atoms with van der Waals surface area (Å²) in [5, 5.41) is 5.54. The van der Waals surface area contributed by atoms with E-state index >= 15 is 0 Å². The Balaban J connectivity index is 1.91. The monoisotopic (exact) mass is 337 g/mol. The number of pyridine rings is 2. The molecule has 126 valence electrons. The number of hydrogen-bond acceptors (Lipinski definition) is 5. The Morgan fingerprint density at radius 1 is 1.50 bits per heavy atom. The Kier molecular flexibility index (Phi) is 3.70. The van der Waals surface area contributed by atoms with E-state index in [9.17, 15) is 18.5 Å². The predicted molar refractivity (Wildman–Crippen MR) is 78.9 cm³/mol. The molecule has 0 aromatic carbocycles. The first-order chi connectivity index (χ1) is 11.3. The number of carbonyl (C=O) groups excluding carboxylic acids is 1. The van der Waals surface area contributed by atoms with E-state index in [4.69, 9.17) is 4.74 Å². The molecule has 0 unspecified atom stereocenters. The SMILES string of the molecule is CC1(C)Cc2cc(C(=O)Nc3cccn(OF)c3=O)c(F)nc2O1. The third-order valence-corrected chi connectivity index (χ3v) is 3.49. The number of amides is 1. The molecule has 1 N–H and O–H groups in total. The van der Waals surface area contributed by atoms with E-state index in [2.05, 4.69) is 15.3 Å². The molecule has 1 aliphatic heterocycles. The number of nitrogens with zero attached hydrogens (tertiary/aromatic N) is 2. The van der Waals surface area contributed by atoms with Crippen LogP contribution in [0.2, 0.25) is 0 Å². The van der Waals surface area contributed by atoms with Crippen LogP contribution in [0.3, 0.4) is 0 Å². The molecule has 1 aliphatic rings. The van der Waals surface area contributed by atoms with Gasteiger partial charge in [0.1, 0.15) is 11.3 Å². The standard InChI is InChI=1S/C15H13F2N3O4/c1-15(2)7-8-6-9(11(16)19-13(8)23-15)12(21)18-10-4-3-5-20(24-17)14(10)22/h3-6H,7H2,1-2H3,(H,18,21). The van der Waals surface area contributed by atoms with E-state index in [1.807, 2.05) is 13.8 Å². The van der Waals surface area contributed by atoms with Gasteiger partial charge in [-0.3, -0.25) is 9.59 Å². The molecule has 0 saturated carbocycles. The number of carbonyl (C=O) groups is 1. The number of halogens is 2. The summed E-state index contributed by atoms with van der Waals surface area (Å²) in [6.07, 6.45) is 1.48. The molecule has 24 heavy (non-hydrogen) atoms. The third-order valence-electron chi connectivity index (χ3n) is 3.49. The van der Waals surface area contributed by atoms with Gasteiger partial charge in [0.2, 0.25) is 11.8 Å². The van der Waals surface area contributed by atoms with Crippen LogP contribution in [0.25, 0.3) is 0 Å². The molecule has 0 saturated heterocycles. The average Bonchev–Trinajstić information content (AvgIpc) is 2.81. The first kappa shape index (κ1) is 15.9. The summed E-state index contributed by atoms with van der Waals surface area (Å²) in [7, 11) is 0. The number of fused-ring (bicyclic) bond motifs is 1. The molecule has 2 aromatic heterocycles. The van der Waals surface area contributed by atoms with Gasteiger partial charge in [0.15, 0.2) is 0 Å². The molecule has 7 nitrogen and oxygen atoms in total. The Morgan fingerprint density at radius 2 is 2.25 bits per heavy atom. The van der Waals surface area contributed by atoms with Crippen LogP contribution in [0.15, 0.2) is 29.2 Å². The Morgan fingerprint density at radius 3 is 2.96 bits per heavy atom. The molecule has 0 fully saturated rings. The van der Waals surface area contributed by atoms with Crippen molar-refractivity contribution in [3.63, 3.8) is 0 Å². The van der Waals surface area contributed by atoms with Crippen molar-refractivity contribution in [3.8, 4) is 5.88 Å². The molecule has 3 rings (SSSR count). The minimum atomic E-state index is -1.03. The van der Waals surface area contributed by atoms with Crippen molar-refractivity contribution in [1.82, 2.24) is 9.71 Å². The fraction of sp³-hybridized carbons (Fsp3) is 0.267. The van der Waals surface area contributed by atoms with Gasteiger partial charge < -0.3 is 10.1 Å². The smallest absolute Gasteiger partial charge is 0.309 e. The lowest BCUT2D eigenvalue weighted by Crippen LogP contribution is -2.27. The van der Waals surface area contributed by atoms with Crippen LogP contribution in [0.1, 0.15) is 29.8 Å². The van der Waals surface area contributed by atoms with Gasteiger partial charge in [-0.05, 0) is 32.0 Å². The first-order valence-corrected chi connectivity index (χ1v) is 7.01. The van der Waals surface area contributed by atoms with Gasteiger partial charge in [0.25, 0.3) is 5.91 Å². The van der Waals surface area contributed by atoms with E-state index in [-0.39, 0.29) is 21.9 Å². The highest BCUT2D eigenvalue weighted by Gasteiger charge is 2.33. The van der Waals surface area contributed by atoms with Crippen LogP contribution in [0, 0.1) is 5.95 Å². The Bertz CT molecular complexity index is 880. The van der Waals surface area contributed by atoms with Crippen molar-refractivity contribution in [2.45, 2.75) is 25.9 Å². The third kappa shape index (κ3) is 2.80. The number of hydrogen-bond donors (Lipinski definition) is 1. The largest absolute Gasteiger partial charge is 0.471 e. The number of rotatable bonds is 3. The molecular formula is C15H13F2N3O4. The van der Waals surface area contributed by atoms with Gasteiger partial charge in [-0.1, -0.05) is 0 Å². The maximum atomic E-state index is 14.1. The van der Waals surface area contributed by atoms with E-state index in [1.54, 1.807) is 0 Å². The van der Waals surface area contributed by atoms with Crippen molar-refractivity contribution in [3.05, 3.63) is 51.8 Å². The van der Waals surface area contributed by atoms with Crippen LogP contribution < -0.4 is 20.7 Å². The lowest BCUT2D eigenvalue weighted by atomic mass is 10.0. The van der Waals surface area contributed by atoms with Crippen LogP contribution in [-0.2, 0) is 6.42 Å². The molecule has 0 aliphatic carbocycles.